The number of pyridine rings is 1. The van der Waals surface area contributed by atoms with Gasteiger partial charge in [-0.15, -0.1) is 0 Å². The second-order valence-electron chi connectivity index (χ2n) is 2.79. The number of H-pyrrole nitrogens is 1. The lowest BCUT2D eigenvalue weighted by atomic mass is 10.1. The van der Waals surface area contributed by atoms with Gasteiger partial charge >= 0.3 is 6.18 Å². The number of hydrogen-bond donors (Lipinski definition) is 1. The molecule has 90 valence electrons. The zero-order valence-corrected chi connectivity index (χ0v) is 7.86. The summed E-state index contributed by atoms with van der Waals surface area (Å²) in [6.07, 6.45) is -8.54. The molecule has 0 aliphatic heterocycles. The number of aromatic amines is 1. The molecule has 16 heavy (non-hydrogen) atoms. The summed E-state index contributed by atoms with van der Waals surface area (Å²) >= 11 is 0. The Morgan fingerprint density at radius 3 is 2.31 bits per heavy atom. The van der Waals surface area contributed by atoms with Gasteiger partial charge in [0.15, 0.2) is 5.88 Å². The van der Waals surface area contributed by atoms with Crippen LogP contribution in [0.1, 0.15) is 17.6 Å². The fourth-order valence-corrected chi connectivity index (χ4v) is 1.11. The van der Waals surface area contributed by atoms with Crippen LogP contribution in [-0.2, 0) is 6.18 Å². The van der Waals surface area contributed by atoms with E-state index in [9.17, 15) is 26.7 Å². The van der Waals surface area contributed by atoms with E-state index in [2.05, 4.69) is 4.74 Å². The van der Waals surface area contributed by atoms with Crippen LogP contribution in [0, 0.1) is 0 Å². The first-order valence-electron chi connectivity index (χ1n) is 3.94. The normalized spacial score (nSPS) is 11.9. The summed E-state index contributed by atoms with van der Waals surface area (Å²) in [4.78, 5) is 12.8. The van der Waals surface area contributed by atoms with E-state index in [1.54, 1.807) is 4.98 Å². The van der Waals surface area contributed by atoms with Gasteiger partial charge in [-0.3, -0.25) is 9.78 Å². The van der Waals surface area contributed by atoms with Crippen LogP contribution in [0.4, 0.5) is 22.0 Å². The SMILES string of the molecule is COc1cc(C(F)(F)F)c(C(F)F)c(=O)[nH]1. The molecule has 1 aromatic heterocycles. The Morgan fingerprint density at radius 1 is 1.38 bits per heavy atom. The first-order valence-corrected chi connectivity index (χ1v) is 3.94. The minimum atomic E-state index is -5.03. The topological polar surface area (TPSA) is 42.1 Å². The predicted molar refractivity (Wildman–Crippen MR) is 43.6 cm³/mol. The second-order valence-corrected chi connectivity index (χ2v) is 2.79. The van der Waals surface area contributed by atoms with Crippen LogP contribution in [0.15, 0.2) is 10.9 Å². The maximum Gasteiger partial charge on any atom is 0.417 e. The van der Waals surface area contributed by atoms with E-state index < -0.39 is 35.2 Å². The maximum absolute atomic E-state index is 12.4. The standard InChI is InChI=1S/C8H6F5NO2/c1-16-4-2-3(8(11,12)13)5(6(9)10)7(15)14-4/h2,6H,1H3,(H,14,15). The van der Waals surface area contributed by atoms with E-state index in [-0.39, 0.29) is 0 Å². The molecule has 1 N–H and O–H groups in total. The Balaban J connectivity index is 3.54. The number of halogens is 5. The fraction of sp³-hybridized carbons (Fsp3) is 0.375. The van der Waals surface area contributed by atoms with Crippen molar-refractivity contribution in [2.75, 3.05) is 7.11 Å². The third-order valence-electron chi connectivity index (χ3n) is 1.79. The lowest BCUT2D eigenvalue weighted by Gasteiger charge is -2.12. The third-order valence-corrected chi connectivity index (χ3v) is 1.79. The molecule has 1 rings (SSSR count). The first kappa shape index (κ1) is 12.5. The molecule has 0 aliphatic rings. The molecule has 0 bridgehead atoms. The zero-order valence-electron chi connectivity index (χ0n) is 7.86. The number of rotatable bonds is 2. The van der Waals surface area contributed by atoms with Gasteiger partial charge in [0.2, 0.25) is 0 Å². The van der Waals surface area contributed by atoms with Crippen molar-refractivity contribution in [3.8, 4) is 5.88 Å². The molecular formula is C8H6F5NO2. The van der Waals surface area contributed by atoms with Gasteiger partial charge in [0, 0.05) is 6.07 Å². The van der Waals surface area contributed by atoms with E-state index >= 15 is 0 Å². The largest absolute Gasteiger partial charge is 0.482 e. The summed E-state index contributed by atoms with van der Waals surface area (Å²) in [6.45, 7) is 0. The van der Waals surface area contributed by atoms with E-state index in [1.807, 2.05) is 0 Å². The molecule has 0 fully saturated rings. The second kappa shape index (κ2) is 4.11. The lowest BCUT2D eigenvalue weighted by molar-refractivity contribution is -0.139. The minimum absolute atomic E-state index is 0.322. The summed E-state index contributed by atoms with van der Waals surface area (Å²) < 4.78 is 66.0. The monoisotopic (exact) mass is 243 g/mol. The predicted octanol–water partition coefficient (Wildman–Crippen LogP) is 2.34. The van der Waals surface area contributed by atoms with Crippen LogP contribution < -0.4 is 10.3 Å². The number of hydrogen-bond acceptors (Lipinski definition) is 2. The van der Waals surface area contributed by atoms with Gasteiger partial charge in [0.1, 0.15) is 0 Å². The van der Waals surface area contributed by atoms with Crippen LogP contribution >= 0.6 is 0 Å². The molecule has 1 aromatic rings. The van der Waals surface area contributed by atoms with Crippen molar-refractivity contribution >= 4 is 0 Å². The van der Waals surface area contributed by atoms with Crippen LogP contribution in [0.3, 0.4) is 0 Å². The maximum atomic E-state index is 12.4. The van der Waals surface area contributed by atoms with Gasteiger partial charge in [-0.2, -0.15) is 13.2 Å². The molecule has 0 spiro atoms. The van der Waals surface area contributed by atoms with Gasteiger partial charge < -0.3 is 4.74 Å². The molecule has 0 saturated carbocycles. The smallest absolute Gasteiger partial charge is 0.417 e. The van der Waals surface area contributed by atoms with Crippen LogP contribution in [0.5, 0.6) is 5.88 Å². The molecule has 0 saturated heterocycles. The Hall–Kier alpha value is -1.60. The fourth-order valence-electron chi connectivity index (χ4n) is 1.11. The average Bonchev–Trinajstić information content (AvgIpc) is 2.14. The molecule has 0 unspecified atom stereocenters. The third kappa shape index (κ3) is 2.31. The lowest BCUT2D eigenvalue weighted by Crippen LogP contribution is -2.21. The summed E-state index contributed by atoms with van der Waals surface area (Å²) in [6, 6.07) is 0.322. The van der Waals surface area contributed by atoms with Crippen LogP contribution in [-0.4, -0.2) is 12.1 Å². The van der Waals surface area contributed by atoms with Crippen molar-refractivity contribution in [2.45, 2.75) is 12.6 Å². The Labute approximate surface area is 85.8 Å². The van der Waals surface area contributed by atoms with Gasteiger partial charge in [0.05, 0.1) is 18.2 Å². The summed E-state index contributed by atoms with van der Waals surface area (Å²) in [5, 5.41) is 0. The Kier molecular flexibility index (Phi) is 3.20. The van der Waals surface area contributed by atoms with Crippen molar-refractivity contribution in [3.05, 3.63) is 27.5 Å². The highest BCUT2D eigenvalue weighted by atomic mass is 19.4. The highest BCUT2D eigenvalue weighted by molar-refractivity contribution is 5.32. The summed E-state index contributed by atoms with van der Waals surface area (Å²) in [5.41, 5.74) is -4.81. The summed E-state index contributed by atoms with van der Waals surface area (Å²) in [5.74, 6) is -0.526. The number of aromatic nitrogens is 1. The Morgan fingerprint density at radius 2 is 1.94 bits per heavy atom. The molecule has 0 amide bonds. The minimum Gasteiger partial charge on any atom is -0.482 e. The van der Waals surface area contributed by atoms with Crippen molar-refractivity contribution in [2.24, 2.45) is 0 Å². The molecule has 0 atom stereocenters. The van der Waals surface area contributed by atoms with Crippen LogP contribution in [0.25, 0.3) is 0 Å². The van der Waals surface area contributed by atoms with Gasteiger partial charge in [-0.1, -0.05) is 0 Å². The summed E-state index contributed by atoms with van der Waals surface area (Å²) in [7, 11) is 1.01. The van der Waals surface area contributed by atoms with E-state index in [1.165, 1.54) is 0 Å². The highest BCUT2D eigenvalue weighted by Gasteiger charge is 2.38. The van der Waals surface area contributed by atoms with Gasteiger partial charge in [-0.25, -0.2) is 8.78 Å². The number of nitrogens with one attached hydrogen (secondary N) is 1. The molecular weight excluding hydrogens is 237 g/mol. The number of ether oxygens (including phenoxy) is 1. The quantitative estimate of drug-likeness (QED) is 0.810. The average molecular weight is 243 g/mol. The highest BCUT2D eigenvalue weighted by Crippen LogP contribution is 2.35. The van der Waals surface area contributed by atoms with Gasteiger partial charge in [0.25, 0.3) is 12.0 Å². The van der Waals surface area contributed by atoms with E-state index in [4.69, 9.17) is 0 Å². The van der Waals surface area contributed by atoms with E-state index in [0.29, 0.717) is 6.07 Å². The Bertz CT molecular complexity index is 437. The van der Waals surface area contributed by atoms with E-state index in [0.717, 1.165) is 7.11 Å². The molecule has 0 aliphatic carbocycles. The number of alkyl halides is 5. The first-order chi connectivity index (χ1) is 7.27. The van der Waals surface area contributed by atoms with Crippen molar-refractivity contribution < 1.29 is 26.7 Å². The molecule has 0 radical (unpaired) electrons. The van der Waals surface area contributed by atoms with Crippen molar-refractivity contribution in [1.29, 1.82) is 0 Å². The van der Waals surface area contributed by atoms with Crippen molar-refractivity contribution in [3.63, 3.8) is 0 Å². The molecule has 3 nitrogen and oxygen atoms in total. The van der Waals surface area contributed by atoms with Crippen molar-refractivity contribution in [1.82, 2.24) is 4.98 Å². The van der Waals surface area contributed by atoms with Gasteiger partial charge in [-0.05, 0) is 0 Å². The number of methoxy groups -OCH3 is 1. The van der Waals surface area contributed by atoms with Crippen LogP contribution in [0.2, 0.25) is 0 Å². The molecule has 1 heterocycles. The zero-order chi connectivity index (χ0) is 12.5. The molecule has 8 heteroatoms. The molecule has 0 aromatic carbocycles.